The molecule has 11 nitrogen and oxygen atoms in total. The topological polar surface area (TPSA) is 137 Å². The van der Waals surface area contributed by atoms with E-state index in [9.17, 15) is 29.4 Å². The summed E-state index contributed by atoms with van der Waals surface area (Å²) in [5.74, 6) is -3.44. The van der Waals surface area contributed by atoms with E-state index in [2.05, 4.69) is 53.4 Å². The van der Waals surface area contributed by atoms with Crippen molar-refractivity contribution in [2.75, 3.05) is 45.9 Å². The fraction of sp³-hybridized carbons (Fsp3) is 0.875. The van der Waals surface area contributed by atoms with Gasteiger partial charge in [-0.05, 0) is 44.9 Å². The highest BCUT2D eigenvalue weighted by molar-refractivity contribution is 5.83. The van der Waals surface area contributed by atoms with E-state index < -0.39 is 59.9 Å². The smallest absolute Gasteiger partial charge is 0.324 e. The molecule has 11 heteroatoms. The minimum atomic E-state index is -1.12. The van der Waals surface area contributed by atoms with Gasteiger partial charge >= 0.3 is 23.9 Å². The molecular formula is C32H59N3O8. The molecule has 3 atom stereocenters. The van der Waals surface area contributed by atoms with E-state index in [1.807, 2.05) is 16.7 Å². The van der Waals surface area contributed by atoms with Gasteiger partial charge in [-0.15, -0.1) is 0 Å². The molecule has 1 rings (SSSR count). The van der Waals surface area contributed by atoms with E-state index in [0.29, 0.717) is 32.6 Å². The van der Waals surface area contributed by atoms with Gasteiger partial charge in [-0.3, -0.25) is 33.9 Å². The number of carbonyl (C=O) groups is 4. The van der Waals surface area contributed by atoms with E-state index in [4.69, 9.17) is 9.47 Å². The van der Waals surface area contributed by atoms with Crippen LogP contribution in [-0.2, 0) is 28.7 Å². The molecule has 0 spiro atoms. The summed E-state index contributed by atoms with van der Waals surface area (Å²) < 4.78 is 11.2. The van der Waals surface area contributed by atoms with Crippen LogP contribution in [0.1, 0.15) is 102 Å². The molecule has 250 valence electrons. The summed E-state index contributed by atoms with van der Waals surface area (Å²) >= 11 is 0. The van der Waals surface area contributed by atoms with Crippen LogP contribution in [0.3, 0.4) is 0 Å². The average molecular weight is 614 g/mol. The lowest BCUT2D eigenvalue weighted by molar-refractivity contribution is -0.165. The summed E-state index contributed by atoms with van der Waals surface area (Å²) in [6.45, 7) is 24.8. The second-order valence-electron chi connectivity index (χ2n) is 15.7. The Labute approximate surface area is 259 Å². The quantitative estimate of drug-likeness (QED) is 0.216. The second-order valence-corrected chi connectivity index (χ2v) is 15.7. The average Bonchev–Trinajstić information content (AvgIpc) is 2.97. The summed E-state index contributed by atoms with van der Waals surface area (Å²) in [6.07, 6.45) is 0.637. The summed E-state index contributed by atoms with van der Waals surface area (Å²) in [4.78, 5) is 56.8. The molecule has 0 saturated carbocycles. The number of unbranched alkanes of at least 4 members (excludes halogenated alkanes) is 1. The van der Waals surface area contributed by atoms with Crippen LogP contribution >= 0.6 is 0 Å². The lowest BCUT2D eigenvalue weighted by Crippen LogP contribution is -2.63. The van der Waals surface area contributed by atoms with Gasteiger partial charge in [-0.2, -0.15) is 0 Å². The molecule has 1 aliphatic rings. The molecule has 3 unspecified atom stereocenters. The zero-order valence-electron chi connectivity index (χ0n) is 28.6. The van der Waals surface area contributed by atoms with Gasteiger partial charge in [0, 0.05) is 44.8 Å². The molecule has 0 radical (unpaired) electrons. The molecule has 1 saturated heterocycles. The van der Waals surface area contributed by atoms with Crippen molar-refractivity contribution in [1.29, 1.82) is 0 Å². The Kier molecular flexibility index (Phi) is 14.1. The van der Waals surface area contributed by atoms with Gasteiger partial charge in [-0.1, -0.05) is 54.9 Å². The monoisotopic (exact) mass is 613 g/mol. The van der Waals surface area contributed by atoms with Crippen LogP contribution in [-0.4, -0.2) is 118 Å². The highest BCUT2D eigenvalue weighted by Gasteiger charge is 2.46. The maximum Gasteiger partial charge on any atom is 0.324 e. The van der Waals surface area contributed by atoms with Gasteiger partial charge in [0.15, 0.2) is 0 Å². The molecule has 0 bridgehead atoms. The van der Waals surface area contributed by atoms with Crippen LogP contribution in [0, 0.1) is 10.8 Å². The van der Waals surface area contributed by atoms with Gasteiger partial charge in [-0.25, -0.2) is 0 Å². The molecule has 1 fully saturated rings. The van der Waals surface area contributed by atoms with Gasteiger partial charge in [0.1, 0.15) is 17.7 Å². The summed E-state index contributed by atoms with van der Waals surface area (Å²) in [5, 5.41) is 19.6. The second kappa shape index (κ2) is 15.7. The summed E-state index contributed by atoms with van der Waals surface area (Å²) in [7, 11) is 0. The Bertz CT molecular complexity index is 934. The van der Waals surface area contributed by atoms with Crippen LogP contribution in [0.25, 0.3) is 0 Å². The minimum absolute atomic E-state index is 0.110. The number of nitrogens with zero attached hydrogens (tertiary/aromatic N) is 3. The largest absolute Gasteiger partial charge is 0.481 e. The highest BCUT2D eigenvalue weighted by atomic mass is 16.6. The van der Waals surface area contributed by atoms with Crippen LogP contribution in [0.2, 0.25) is 0 Å². The predicted octanol–water partition coefficient (Wildman–Crippen LogP) is 4.13. The molecule has 2 N–H and O–H groups in total. The normalized spacial score (nSPS) is 20.7. The van der Waals surface area contributed by atoms with Crippen LogP contribution in [0.4, 0.5) is 0 Å². The SMILES string of the molecule is CCCCOC(=O)C(CC(=O)O)N1CCN(C(CC(=O)O)C(=O)OC(C)(C)C)CC(C)(N(CC(C)(C)C)CC(C)(C)C)C1. The number of hydrogen-bond acceptors (Lipinski definition) is 9. The van der Waals surface area contributed by atoms with Crippen molar-refractivity contribution < 1.29 is 38.9 Å². The van der Waals surface area contributed by atoms with Crippen molar-refractivity contribution in [2.45, 2.75) is 125 Å². The molecule has 1 heterocycles. The van der Waals surface area contributed by atoms with Crippen molar-refractivity contribution >= 4 is 23.9 Å². The minimum Gasteiger partial charge on any atom is -0.481 e. The lowest BCUT2D eigenvalue weighted by atomic mass is 9.86. The fourth-order valence-corrected chi connectivity index (χ4v) is 5.49. The van der Waals surface area contributed by atoms with Gasteiger partial charge < -0.3 is 19.7 Å². The van der Waals surface area contributed by atoms with E-state index in [0.717, 1.165) is 6.42 Å². The van der Waals surface area contributed by atoms with Gasteiger partial charge in [0.2, 0.25) is 0 Å². The zero-order valence-corrected chi connectivity index (χ0v) is 28.6. The number of carboxylic acids is 2. The Morgan fingerprint density at radius 2 is 1.21 bits per heavy atom. The van der Waals surface area contributed by atoms with Crippen molar-refractivity contribution in [3.8, 4) is 0 Å². The maximum absolute atomic E-state index is 13.5. The standard InChI is InChI=1S/C32H59N3O8/c1-12-13-16-42-27(40)23(17-25(36)37)33-14-15-34(24(18-26(38)39)28(41)43-31(8,9)10)22-32(11,21-33)35(19-29(2,3)4)20-30(5,6)7/h23-24H,12-22H2,1-11H3,(H,36,37)(H,38,39). The highest BCUT2D eigenvalue weighted by Crippen LogP contribution is 2.32. The maximum atomic E-state index is 13.5. The Morgan fingerprint density at radius 3 is 1.56 bits per heavy atom. The van der Waals surface area contributed by atoms with Gasteiger partial charge in [0.05, 0.1) is 19.4 Å². The predicted molar refractivity (Wildman–Crippen MR) is 166 cm³/mol. The fourth-order valence-electron chi connectivity index (χ4n) is 5.49. The molecule has 1 aliphatic heterocycles. The van der Waals surface area contributed by atoms with Gasteiger partial charge in [0.25, 0.3) is 0 Å². The number of carboxylic acid groups (broad SMARTS) is 2. The third-order valence-corrected chi connectivity index (χ3v) is 7.17. The third-order valence-electron chi connectivity index (χ3n) is 7.17. The van der Waals surface area contributed by atoms with Crippen molar-refractivity contribution in [3.63, 3.8) is 0 Å². The first-order valence-corrected chi connectivity index (χ1v) is 15.5. The molecule has 43 heavy (non-hydrogen) atoms. The molecule has 0 aromatic carbocycles. The van der Waals surface area contributed by atoms with Crippen LogP contribution in [0.15, 0.2) is 0 Å². The first-order chi connectivity index (χ1) is 19.5. The summed E-state index contributed by atoms with van der Waals surface area (Å²) in [6, 6.07) is -2.09. The number of ether oxygens (including phenoxy) is 2. The van der Waals surface area contributed by atoms with Crippen molar-refractivity contribution in [3.05, 3.63) is 0 Å². The first kappa shape index (κ1) is 38.8. The van der Waals surface area contributed by atoms with E-state index in [-0.39, 0.29) is 30.5 Å². The summed E-state index contributed by atoms with van der Waals surface area (Å²) in [5.41, 5.74) is -1.73. The first-order valence-electron chi connectivity index (χ1n) is 15.5. The number of carbonyl (C=O) groups excluding carboxylic acids is 2. The molecule has 0 aliphatic carbocycles. The van der Waals surface area contributed by atoms with Crippen molar-refractivity contribution in [1.82, 2.24) is 14.7 Å². The van der Waals surface area contributed by atoms with E-state index in [1.165, 1.54) is 0 Å². The van der Waals surface area contributed by atoms with Crippen molar-refractivity contribution in [2.24, 2.45) is 10.8 Å². The molecule has 0 aromatic heterocycles. The van der Waals surface area contributed by atoms with Crippen LogP contribution < -0.4 is 0 Å². The molecule has 0 aromatic rings. The lowest BCUT2D eigenvalue weighted by Gasteiger charge is -2.49. The van der Waals surface area contributed by atoms with Crippen LogP contribution in [0.5, 0.6) is 0 Å². The Balaban J connectivity index is 3.74. The zero-order chi connectivity index (χ0) is 33.4. The molecular weight excluding hydrogens is 554 g/mol. The number of rotatable bonds is 14. The Hall–Kier alpha value is -2.24. The number of hydrogen-bond donors (Lipinski definition) is 2. The Morgan fingerprint density at radius 1 is 0.791 bits per heavy atom. The third kappa shape index (κ3) is 14.4. The molecule has 0 amide bonds. The van der Waals surface area contributed by atoms with E-state index >= 15 is 0 Å². The van der Waals surface area contributed by atoms with E-state index in [1.54, 1.807) is 20.8 Å². The number of esters is 2. The number of aliphatic carboxylic acids is 2.